The molecule has 0 unspecified atom stereocenters. The molecule has 2 aromatic rings. The van der Waals surface area contributed by atoms with Gasteiger partial charge in [-0.1, -0.05) is 0 Å². The highest BCUT2D eigenvalue weighted by Gasteiger charge is 2.26. The van der Waals surface area contributed by atoms with E-state index in [1.807, 2.05) is 0 Å². The molecule has 25 heavy (non-hydrogen) atoms. The summed E-state index contributed by atoms with van der Waals surface area (Å²) < 4.78 is 13.0. The Labute approximate surface area is 145 Å². The van der Waals surface area contributed by atoms with Crippen molar-refractivity contribution >= 4 is 17.5 Å². The van der Waals surface area contributed by atoms with Gasteiger partial charge in [-0.3, -0.25) is 9.59 Å². The minimum atomic E-state index is -0.342. The van der Waals surface area contributed by atoms with Crippen LogP contribution < -0.4 is 10.2 Å². The summed E-state index contributed by atoms with van der Waals surface area (Å²) in [6.07, 6.45) is 1.41. The average Bonchev–Trinajstić information content (AvgIpc) is 2.67. The van der Waals surface area contributed by atoms with E-state index < -0.39 is 0 Å². The van der Waals surface area contributed by atoms with Crippen LogP contribution in [-0.2, 0) is 0 Å². The number of rotatable bonds is 4. The molecule has 1 aliphatic heterocycles. The van der Waals surface area contributed by atoms with Crippen LogP contribution in [0.3, 0.4) is 0 Å². The molecule has 130 valence electrons. The van der Waals surface area contributed by atoms with Crippen molar-refractivity contribution in [2.75, 3.05) is 25.0 Å². The second kappa shape index (κ2) is 7.38. The third-order valence-corrected chi connectivity index (χ3v) is 4.43. The molecule has 1 aliphatic rings. The first-order valence-corrected chi connectivity index (χ1v) is 8.19. The molecule has 1 aromatic heterocycles. The van der Waals surface area contributed by atoms with Crippen molar-refractivity contribution < 1.29 is 14.0 Å². The molecule has 1 aromatic carbocycles. The van der Waals surface area contributed by atoms with Crippen LogP contribution in [-0.4, -0.2) is 42.0 Å². The molecule has 0 bridgehead atoms. The van der Waals surface area contributed by atoms with Gasteiger partial charge < -0.3 is 10.2 Å². The van der Waals surface area contributed by atoms with Crippen LogP contribution in [0.4, 0.5) is 10.2 Å². The average molecular weight is 342 g/mol. The highest BCUT2D eigenvalue weighted by molar-refractivity contribution is 5.98. The number of hydrogen-bond donors (Lipinski definition) is 1. The standard InChI is InChI=1S/C18H19FN4O2/c1-20-18(25)15-6-7-16(22-21-15)23-10-8-13(9-11-23)17(24)12-2-4-14(19)5-3-12/h2-7,13H,8-11H2,1H3,(H,20,25). The van der Waals surface area contributed by atoms with Gasteiger partial charge in [0.25, 0.3) is 5.91 Å². The van der Waals surface area contributed by atoms with Crippen LogP contribution in [0.2, 0.25) is 0 Å². The lowest BCUT2D eigenvalue weighted by atomic mass is 9.89. The summed E-state index contributed by atoms with van der Waals surface area (Å²) in [5.41, 5.74) is 0.821. The zero-order valence-corrected chi connectivity index (χ0v) is 13.9. The van der Waals surface area contributed by atoms with Gasteiger partial charge in [-0.2, -0.15) is 0 Å². The number of halogens is 1. The Balaban J connectivity index is 1.60. The number of piperidine rings is 1. The number of carbonyl (C=O) groups is 2. The molecule has 0 saturated carbocycles. The molecule has 1 N–H and O–H groups in total. The number of carbonyl (C=O) groups excluding carboxylic acids is 2. The maximum atomic E-state index is 13.0. The van der Waals surface area contributed by atoms with Gasteiger partial charge in [0.05, 0.1) is 0 Å². The van der Waals surface area contributed by atoms with Gasteiger partial charge in [0.1, 0.15) is 5.82 Å². The van der Waals surface area contributed by atoms with Crippen molar-refractivity contribution in [3.63, 3.8) is 0 Å². The summed E-state index contributed by atoms with van der Waals surface area (Å²) >= 11 is 0. The lowest BCUT2D eigenvalue weighted by molar-refractivity contribution is 0.0899. The Hall–Kier alpha value is -2.83. The minimum absolute atomic E-state index is 0.0562. The van der Waals surface area contributed by atoms with E-state index in [2.05, 4.69) is 20.4 Å². The van der Waals surface area contributed by atoms with Gasteiger partial charge >= 0.3 is 0 Å². The number of anilines is 1. The number of aromatic nitrogens is 2. The van der Waals surface area contributed by atoms with E-state index in [1.165, 1.54) is 24.3 Å². The van der Waals surface area contributed by atoms with Crippen LogP contribution in [0.25, 0.3) is 0 Å². The molecule has 0 spiro atoms. The fraction of sp³-hybridized carbons (Fsp3) is 0.333. The topological polar surface area (TPSA) is 75.2 Å². The quantitative estimate of drug-likeness (QED) is 0.861. The summed E-state index contributed by atoms with van der Waals surface area (Å²) in [7, 11) is 1.54. The van der Waals surface area contributed by atoms with E-state index in [9.17, 15) is 14.0 Å². The normalized spacial score (nSPS) is 15.0. The van der Waals surface area contributed by atoms with Crippen LogP contribution in [0.5, 0.6) is 0 Å². The number of benzene rings is 1. The second-order valence-electron chi connectivity index (χ2n) is 5.99. The summed E-state index contributed by atoms with van der Waals surface area (Å²) in [5, 5.41) is 10.5. The van der Waals surface area contributed by atoms with E-state index in [-0.39, 0.29) is 29.1 Å². The molecule has 1 saturated heterocycles. The molecule has 0 radical (unpaired) electrons. The van der Waals surface area contributed by atoms with Crippen molar-refractivity contribution in [3.05, 3.63) is 53.5 Å². The third-order valence-electron chi connectivity index (χ3n) is 4.43. The fourth-order valence-electron chi connectivity index (χ4n) is 2.96. The summed E-state index contributed by atoms with van der Waals surface area (Å²) in [5.74, 6) is 0.0636. The summed E-state index contributed by atoms with van der Waals surface area (Å²) in [4.78, 5) is 26.0. The van der Waals surface area contributed by atoms with Crippen molar-refractivity contribution in [1.29, 1.82) is 0 Å². The number of nitrogens with one attached hydrogen (secondary N) is 1. The molecular weight excluding hydrogens is 323 g/mol. The van der Waals surface area contributed by atoms with E-state index >= 15 is 0 Å². The van der Waals surface area contributed by atoms with Crippen molar-refractivity contribution in [1.82, 2.24) is 15.5 Å². The first-order chi connectivity index (χ1) is 12.1. The second-order valence-corrected chi connectivity index (χ2v) is 5.99. The molecule has 3 rings (SSSR count). The number of ketones is 1. The Morgan fingerprint density at radius 3 is 2.32 bits per heavy atom. The maximum absolute atomic E-state index is 13.0. The largest absolute Gasteiger partial charge is 0.355 e. The van der Waals surface area contributed by atoms with Gasteiger partial charge in [-0.15, -0.1) is 10.2 Å². The number of nitrogens with zero attached hydrogens (tertiary/aromatic N) is 3. The Morgan fingerprint density at radius 1 is 1.08 bits per heavy atom. The molecule has 2 heterocycles. The lowest BCUT2D eigenvalue weighted by Crippen LogP contribution is -2.37. The number of hydrogen-bond acceptors (Lipinski definition) is 5. The van der Waals surface area contributed by atoms with Gasteiger partial charge in [-0.25, -0.2) is 4.39 Å². The van der Waals surface area contributed by atoms with E-state index in [0.717, 1.165) is 0 Å². The highest BCUT2D eigenvalue weighted by Crippen LogP contribution is 2.24. The molecule has 7 heteroatoms. The zero-order valence-electron chi connectivity index (χ0n) is 13.9. The number of amides is 1. The van der Waals surface area contributed by atoms with E-state index in [0.29, 0.717) is 37.3 Å². The van der Waals surface area contributed by atoms with E-state index in [1.54, 1.807) is 19.2 Å². The molecule has 0 aliphatic carbocycles. The maximum Gasteiger partial charge on any atom is 0.271 e. The zero-order chi connectivity index (χ0) is 17.8. The Morgan fingerprint density at radius 2 is 1.76 bits per heavy atom. The minimum Gasteiger partial charge on any atom is -0.355 e. The van der Waals surface area contributed by atoms with Gasteiger partial charge in [0.2, 0.25) is 0 Å². The van der Waals surface area contributed by atoms with Crippen LogP contribution in [0, 0.1) is 11.7 Å². The molecule has 1 fully saturated rings. The third kappa shape index (κ3) is 3.81. The van der Waals surface area contributed by atoms with Gasteiger partial charge in [-0.05, 0) is 49.2 Å². The molecule has 1 amide bonds. The Kier molecular flexibility index (Phi) is 5.02. The molecular formula is C18H19FN4O2. The fourth-order valence-corrected chi connectivity index (χ4v) is 2.96. The number of Topliss-reactive ketones (excluding diaryl/α,β-unsaturated/α-hetero) is 1. The van der Waals surface area contributed by atoms with Gasteiger partial charge in [0.15, 0.2) is 17.3 Å². The SMILES string of the molecule is CNC(=O)c1ccc(N2CCC(C(=O)c3ccc(F)cc3)CC2)nn1. The monoisotopic (exact) mass is 342 g/mol. The predicted molar refractivity (Wildman–Crippen MR) is 91.1 cm³/mol. The smallest absolute Gasteiger partial charge is 0.271 e. The summed E-state index contributed by atoms with van der Waals surface area (Å²) in [6, 6.07) is 9.09. The first-order valence-electron chi connectivity index (χ1n) is 8.19. The first kappa shape index (κ1) is 17.0. The van der Waals surface area contributed by atoms with Crippen LogP contribution in [0.15, 0.2) is 36.4 Å². The van der Waals surface area contributed by atoms with Crippen LogP contribution in [0.1, 0.15) is 33.7 Å². The predicted octanol–water partition coefficient (Wildman–Crippen LogP) is 2.07. The van der Waals surface area contributed by atoms with Crippen molar-refractivity contribution in [2.45, 2.75) is 12.8 Å². The molecule has 6 nitrogen and oxygen atoms in total. The highest BCUT2D eigenvalue weighted by atomic mass is 19.1. The lowest BCUT2D eigenvalue weighted by Gasteiger charge is -2.31. The molecule has 0 atom stereocenters. The van der Waals surface area contributed by atoms with Crippen LogP contribution >= 0.6 is 0 Å². The Bertz CT molecular complexity index is 754. The van der Waals surface area contributed by atoms with Crippen molar-refractivity contribution in [3.8, 4) is 0 Å². The van der Waals surface area contributed by atoms with Crippen molar-refractivity contribution in [2.24, 2.45) is 5.92 Å². The summed E-state index contributed by atoms with van der Waals surface area (Å²) in [6.45, 7) is 1.37. The van der Waals surface area contributed by atoms with Gasteiger partial charge in [0, 0.05) is 31.6 Å². The van der Waals surface area contributed by atoms with E-state index in [4.69, 9.17) is 0 Å².